The van der Waals surface area contributed by atoms with Crippen molar-refractivity contribution in [1.29, 1.82) is 5.26 Å². The molecule has 0 saturated carbocycles. The molecule has 0 radical (unpaired) electrons. The maximum atomic E-state index is 12.7. The third-order valence-electron chi connectivity index (χ3n) is 2.28. The number of benzene rings is 1. The molecule has 0 aliphatic heterocycles. The van der Waals surface area contributed by atoms with E-state index in [0.717, 1.165) is 0 Å². The predicted octanol–water partition coefficient (Wildman–Crippen LogP) is 2.11. The highest BCUT2D eigenvalue weighted by atomic mass is 31.2. The number of nitrogens with zero attached hydrogens (tertiary/aromatic N) is 1. The Morgan fingerprint density at radius 2 is 2.06 bits per heavy atom. The summed E-state index contributed by atoms with van der Waals surface area (Å²) in [5, 5.41) is 9.40. The number of Topliss-reactive ketones (excluding diaryl/α,β-unsaturated/α-hetero) is 1. The van der Waals surface area contributed by atoms with Crippen LogP contribution in [0.15, 0.2) is 30.3 Å². The highest BCUT2D eigenvalue weighted by Crippen LogP contribution is 2.50. The summed E-state index contributed by atoms with van der Waals surface area (Å²) in [6.07, 6.45) is 0. The van der Waals surface area contributed by atoms with Crippen molar-refractivity contribution < 1.29 is 13.9 Å². The van der Waals surface area contributed by atoms with Gasteiger partial charge in [0.05, 0.1) is 12.7 Å². The van der Waals surface area contributed by atoms with Crippen molar-refractivity contribution >= 4 is 18.5 Å². The van der Waals surface area contributed by atoms with Gasteiger partial charge in [-0.25, -0.2) is 0 Å². The number of nitriles is 1. The van der Waals surface area contributed by atoms with Gasteiger partial charge in [0.2, 0.25) is 0 Å². The molecule has 1 aromatic rings. The summed E-state index contributed by atoms with van der Waals surface area (Å²) < 4.78 is 18.0. The summed E-state index contributed by atoms with van der Waals surface area (Å²) in [4.78, 5) is 11.4. The second kappa shape index (κ2) is 5.77. The first-order chi connectivity index (χ1) is 8.06. The summed E-state index contributed by atoms with van der Waals surface area (Å²) in [5.41, 5.74) is -1.23. The molecular weight excluding hydrogens is 237 g/mol. The topological polar surface area (TPSA) is 67.2 Å². The van der Waals surface area contributed by atoms with Gasteiger partial charge in [-0.1, -0.05) is 18.2 Å². The molecule has 0 aliphatic carbocycles. The number of hydrogen-bond acceptors (Lipinski definition) is 4. The highest BCUT2D eigenvalue weighted by molar-refractivity contribution is 7.68. The molecule has 0 bridgehead atoms. The standard InChI is InChI=1S/C12H14NO3P/c1-3-16-17(15,12(9-13)10(2)14)11-7-5-4-6-8-11/h4-8,12H,3H2,1-2H3/t12-,17-/m0/s1. The Kier molecular flexibility index (Phi) is 4.62. The van der Waals surface area contributed by atoms with Crippen LogP contribution in [0.2, 0.25) is 0 Å². The monoisotopic (exact) mass is 251 g/mol. The quantitative estimate of drug-likeness (QED) is 0.751. The fraction of sp³-hybridized carbons (Fsp3) is 0.333. The van der Waals surface area contributed by atoms with E-state index >= 15 is 0 Å². The summed E-state index contributed by atoms with van der Waals surface area (Å²) in [5.74, 6) is -0.437. The van der Waals surface area contributed by atoms with Crippen LogP contribution in [0.5, 0.6) is 0 Å². The Morgan fingerprint density at radius 1 is 1.47 bits per heavy atom. The molecule has 1 aromatic carbocycles. The van der Waals surface area contributed by atoms with Gasteiger partial charge < -0.3 is 4.52 Å². The summed E-state index contributed by atoms with van der Waals surface area (Å²) in [6.45, 7) is 3.13. The van der Waals surface area contributed by atoms with Gasteiger partial charge in [0.25, 0.3) is 7.37 Å². The average molecular weight is 251 g/mol. The lowest BCUT2D eigenvalue weighted by atomic mass is 10.3. The van der Waals surface area contributed by atoms with Crippen LogP contribution < -0.4 is 5.30 Å². The minimum atomic E-state index is -3.45. The minimum Gasteiger partial charge on any atom is -0.324 e. The molecule has 0 aliphatic rings. The van der Waals surface area contributed by atoms with Crippen LogP contribution in [-0.2, 0) is 13.9 Å². The Labute approximate surface area is 101 Å². The van der Waals surface area contributed by atoms with Gasteiger partial charge in [0.1, 0.15) is 0 Å². The summed E-state index contributed by atoms with van der Waals surface area (Å²) >= 11 is 0. The van der Waals surface area contributed by atoms with Crippen molar-refractivity contribution in [1.82, 2.24) is 0 Å². The van der Waals surface area contributed by atoms with Gasteiger partial charge in [-0.05, 0) is 26.0 Å². The molecule has 5 heteroatoms. The van der Waals surface area contributed by atoms with Gasteiger partial charge in [-0.3, -0.25) is 9.36 Å². The average Bonchev–Trinajstić information content (AvgIpc) is 2.31. The van der Waals surface area contributed by atoms with Crippen molar-refractivity contribution in [3.63, 3.8) is 0 Å². The van der Waals surface area contributed by atoms with Gasteiger partial charge >= 0.3 is 0 Å². The number of ketones is 1. The Balaban J connectivity index is 3.28. The molecule has 17 heavy (non-hydrogen) atoms. The predicted molar refractivity (Wildman–Crippen MR) is 65.4 cm³/mol. The molecular formula is C12H14NO3P. The van der Waals surface area contributed by atoms with Crippen LogP contribution in [0.4, 0.5) is 0 Å². The molecule has 0 amide bonds. The van der Waals surface area contributed by atoms with Crippen molar-refractivity contribution in [3.05, 3.63) is 30.3 Å². The van der Waals surface area contributed by atoms with E-state index in [1.165, 1.54) is 6.92 Å². The molecule has 0 aromatic heterocycles. The lowest BCUT2D eigenvalue weighted by molar-refractivity contribution is -0.115. The second-order valence-electron chi connectivity index (χ2n) is 3.49. The first-order valence-electron chi connectivity index (χ1n) is 5.26. The van der Waals surface area contributed by atoms with Gasteiger partial charge in [-0.15, -0.1) is 0 Å². The van der Waals surface area contributed by atoms with E-state index in [0.29, 0.717) is 5.30 Å². The third kappa shape index (κ3) is 2.82. The molecule has 0 fully saturated rings. The maximum absolute atomic E-state index is 12.7. The van der Waals surface area contributed by atoms with Crippen LogP contribution in [0.3, 0.4) is 0 Å². The molecule has 0 spiro atoms. The SMILES string of the molecule is CCO[P@@](=O)(c1ccccc1)[C@@H](C#N)C(C)=O. The zero-order chi connectivity index (χ0) is 12.9. The van der Waals surface area contributed by atoms with Crippen LogP contribution in [-0.4, -0.2) is 18.0 Å². The highest BCUT2D eigenvalue weighted by Gasteiger charge is 2.39. The molecule has 1 rings (SSSR count). The van der Waals surface area contributed by atoms with Crippen LogP contribution in [0.1, 0.15) is 13.8 Å². The Morgan fingerprint density at radius 3 is 2.47 bits per heavy atom. The van der Waals surface area contributed by atoms with Crippen molar-refractivity contribution in [2.45, 2.75) is 19.5 Å². The van der Waals surface area contributed by atoms with E-state index in [2.05, 4.69) is 0 Å². The van der Waals surface area contributed by atoms with Crippen molar-refractivity contribution in [3.8, 4) is 6.07 Å². The maximum Gasteiger partial charge on any atom is 0.256 e. The fourth-order valence-electron chi connectivity index (χ4n) is 1.53. The van der Waals surface area contributed by atoms with Crippen LogP contribution in [0.25, 0.3) is 0 Å². The van der Waals surface area contributed by atoms with E-state index in [-0.39, 0.29) is 6.61 Å². The summed E-state index contributed by atoms with van der Waals surface area (Å²) in [6, 6.07) is 10.2. The number of rotatable bonds is 5. The lowest BCUT2D eigenvalue weighted by Crippen LogP contribution is -2.24. The van der Waals surface area contributed by atoms with E-state index in [1.807, 2.05) is 0 Å². The minimum absolute atomic E-state index is 0.192. The van der Waals surface area contributed by atoms with E-state index in [1.54, 1.807) is 43.3 Å². The summed E-state index contributed by atoms with van der Waals surface area (Å²) in [7, 11) is -3.45. The van der Waals surface area contributed by atoms with E-state index in [4.69, 9.17) is 9.79 Å². The number of carbonyl (C=O) groups is 1. The zero-order valence-electron chi connectivity index (χ0n) is 9.79. The molecule has 0 N–H and O–H groups in total. The molecule has 0 saturated heterocycles. The zero-order valence-corrected chi connectivity index (χ0v) is 10.7. The van der Waals surface area contributed by atoms with Gasteiger partial charge in [0.15, 0.2) is 11.4 Å². The molecule has 4 nitrogen and oxygen atoms in total. The Bertz CT molecular complexity index is 478. The lowest BCUT2D eigenvalue weighted by Gasteiger charge is -2.20. The molecule has 0 unspecified atom stereocenters. The molecule has 90 valence electrons. The first kappa shape index (κ1) is 13.6. The number of carbonyl (C=O) groups excluding carboxylic acids is 1. The first-order valence-corrected chi connectivity index (χ1v) is 6.95. The van der Waals surface area contributed by atoms with Crippen LogP contribution in [0, 0.1) is 11.3 Å². The van der Waals surface area contributed by atoms with Crippen molar-refractivity contribution in [2.75, 3.05) is 6.61 Å². The number of hydrogen-bond donors (Lipinski definition) is 0. The van der Waals surface area contributed by atoms with E-state index < -0.39 is 18.8 Å². The normalized spacial score (nSPS) is 15.6. The largest absolute Gasteiger partial charge is 0.324 e. The van der Waals surface area contributed by atoms with Crippen molar-refractivity contribution in [2.24, 2.45) is 0 Å². The smallest absolute Gasteiger partial charge is 0.256 e. The Hall–Kier alpha value is -1.43. The van der Waals surface area contributed by atoms with Gasteiger partial charge in [0, 0.05) is 5.30 Å². The fourth-order valence-corrected chi connectivity index (χ4v) is 3.73. The van der Waals surface area contributed by atoms with E-state index in [9.17, 15) is 9.36 Å². The second-order valence-corrected chi connectivity index (χ2v) is 5.98. The van der Waals surface area contributed by atoms with Gasteiger partial charge in [-0.2, -0.15) is 5.26 Å². The van der Waals surface area contributed by atoms with Crippen LogP contribution >= 0.6 is 7.37 Å². The molecule has 2 atom stereocenters. The third-order valence-corrected chi connectivity index (χ3v) is 5.10. The molecule has 0 heterocycles.